The van der Waals surface area contributed by atoms with Gasteiger partial charge >= 0.3 is 12.0 Å². The molecule has 2 aromatic heterocycles. The average molecular weight is 284 g/mol. The Bertz CT molecular complexity index is 707. The fourth-order valence-electron chi connectivity index (χ4n) is 1.69. The second kappa shape index (κ2) is 5.91. The van der Waals surface area contributed by atoms with Crippen molar-refractivity contribution < 1.29 is 13.6 Å². The first-order chi connectivity index (χ1) is 10.3. The maximum Gasteiger partial charge on any atom is 0.324 e. The molecule has 0 aliphatic heterocycles. The smallest absolute Gasteiger partial charge is 0.324 e. The molecule has 0 saturated carbocycles. The van der Waals surface area contributed by atoms with E-state index in [4.69, 9.17) is 8.83 Å². The van der Waals surface area contributed by atoms with Crippen molar-refractivity contribution in [1.82, 2.24) is 15.5 Å². The molecule has 2 amide bonds. The topological polar surface area (TPSA) is 93.2 Å². The first kappa shape index (κ1) is 12.9. The third-order valence-electron chi connectivity index (χ3n) is 2.67. The third-order valence-corrected chi connectivity index (χ3v) is 2.67. The van der Waals surface area contributed by atoms with Gasteiger partial charge in [-0.2, -0.15) is 0 Å². The maximum atomic E-state index is 11.7. The normalized spacial score (nSPS) is 10.3. The number of rotatable bonds is 4. The average Bonchev–Trinajstić information content (AvgIpc) is 3.17. The highest BCUT2D eigenvalue weighted by molar-refractivity contribution is 5.86. The Kier molecular flexibility index (Phi) is 3.64. The van der Waals surface area contributed by atoms with E-state index >= 15 is 0 Å². The van der Waals surface area contributed by atoms with Gasteiger partial charge in [0, 0.05) is 6.54 Å². The van der Waals surface area contributed by atoms with Crippen molar-refractivity contribution >= 4 is 12.0 Å². The Hall–Kier alpha value is -3.09. The molecule has 1 aromatic carbocycles. The number of hydrogen-bond acceptors (Lipinski definition) is 5. The molecule has 0 unspecified atom stereocenters. The maximum absolute atomic E-state index is 11.7. The molecule has 0 atom stereocenters. The summed E-state index contributed by atoms with van der Waals surface area (Å²) in [5.41, 5.74) is 0.995. The number of nitrogens with zero attached hydrogens (tertiary/aromatic N) is 2. The summed E-state index contributed by atoms with van der Waals surface area (Å²) in [5.74, 6) is 0.651. The second-order valence-corrected chi connectivity index (χ2v) is 4.18. The van der Waals surface area contributed by atoms with Gasteiger partial charge in [-0.25, -0.2) is 4.79 Å². The fraction of sp³-hybridized carbons (Fsp3) is 0.0714. The minimum Gasteiger partial charge on any atom is -0.459 e. The molecule has 7 nitrogen and oxygen atoms in total. The number of nitrogens with one attached hydrogen (secondary N) is 2. The lowest BCUT2D eigenvalue weighted by Crippen LogP contribution is -2.28. The molecule has 0 saturated heterocycles. The first-order valence-corrected chi connectivity index (χ1v) is 6.27. The van der Waals surface area contributed by atoms with Crippen LogP contribution >= 0.6 is 0 Å². The van der Waals surface area contributed by atoms with E-state index in [0.29, 0.717) is 12.3 Å². The van der Waals surface area contributed by atoms with E-state index in [1.165, 1.54) is 6.26 Å². The number of carbonyl (C=O) groups is 1. The van der Waals surface area contributed by atoms with Gasteiger partial charge in [-0.15, -0.1) is 5.10 Å². The van der Waals surface area contributed by atoms with E-state index in [2.05, 4.69) is 20.8 Å². The molecule has 3 aromatic rings. The monoisotopic (exact) mass is 284 g/mol. The predicted molar refractivity (Wildman–Crippen MR) is 74.3 cm³/mol. The van der Waals surface area contributed by atoms with Gasteiger partial charge in [-0.3, -0.25) is 5.32 Å². The summed E-state index contributed by atoms with van der Waals surface area (Å²) < 4.78 is 10.4. The van der Waals surface area contributed by atoms with Crippen molar-refractivity contribution in [2.45, 2.75) is 6.54 Å². The van der Waals surface area contributed by atoms with Gasteiger partial charge in [0.2, 0.25) is 0 Å². The van der Waals surface area contributed by atoms with Crippen LogP contribution in [-0.4, -0.2) is 16.2 Å². The van der Waals surface area contributed by atoms with Crippen LogP contribution in [0.3, 0.4) is 0 Å². The van der Waals surface area contributed by atoms with Crippen LogP contribution in [0, 0.1) is 0 Å². The Balaban J connectivity index is 1.55. The van der Waals surface area contributed by atoms with Gasteiger partial charge in [0.25, 0.3) is 5.89 Å². The van der Waals surface area contributed by atoms with Crippen molar-refractivity contribution in [2.24, 2.45) is 0 Å². The SMILES string of the molecule is O=C(NCc1ccccc1)Nc1nnc(-c2ccco2)o1. The van der Waals surface area contributed by atoms with Gasteiger partial charge in [0.15, 0.2) is 5.76 Å². The highest BCUT2D eigenvalue weighted by atomic mass is 16.4. The van der Waals surface area contributed by atoms with Crippen molar-refractivity contribution in [1.29, 1.82) is 0 Å². The zero-order valence-corrected chi connectivity index (χ0v) is 10.9. The van der Waals surface area contributed by atoms with Crippen LogP contribution in [0.15, 0.2) is 57.6 Å². The van der Waals surface area contributed by atoms with E-state index in [-0.39, 0.29) is 11.9 Å². The quantitative estimate of drug-likeness (QED) is 0.768. The molecule has 0 aliphatic carbocycles. The van der Waals surface area contributed by atoms with Gasteiger partial charge in [-0.1, -0.05) is 35.4 Å². The largest absolute Gasteiger partial charge is 0.459 e. The van der Waals surface area contributed by atoms with E-state index in [9.17, 15) is 4.79 Å². The number of amides is 2. The molecular formula is C14H12N4O3. The number of furan rings is 1. The molecule has 0 bridgehead atoms. The summed E-state index contributed by atoms with van der Waals surface area (Å²) >= 11 is 0. The van der Waals surface area contributed by atoms with Gasteiger partial charge in [-0.05, 0) is 17.7 Å². The zero-order chi connectivity index (χ0) is 14.5. The van der Waals surface area contributed by atoms with Crippen LogP contribution in [0.4, 0.5) is 10.8 Å². The minimum absolute atomic E-state index is 0.00645. The number of carbonyl (C=O) groups excluding carboxylic acids is 1. The van der Waals surface area contributed by atoms with Crippen LogP contribution in [0.2, 0.25) is 0 Å². The molecular weight excluding hydrogens is 272 g/mol. The Morgan fingerprint density at radius 3 is 2.71 bits per heavy atom. The lowest BCUT2D eigenvalue weighted by Gasteiger charge is -2.04. The van der Waals surface area contributed by atoms with Crippen LogP contribution in [0.5, 0.6) is 0 Å². The minimum atomic E-state index is -0.423. The van der Waals surface area contributed by atoms with Crippen LogP contribution in [0.25, 0.3) is 11.7 Å². The van der Waals surface area contributed by atoms with E-state index in [1.54, 1.807) is 12.1 Å². The zero-order valence-electron chi connectivity index (χ0n) is 10.9. The van der Waals surface area contributed by atoms with Crippen LogP contribution in [0.1, 0.15) is 5.56 Å². The Morgan fingerprint density at radius 1 is 1.10 bits per heavy atom. The summed E-state index contributed by atoms with van der Waals surface area (Å²) in [5, 5.41) is 12.6. The molecule has 21 heavy (non-hydrogen) atoms. The fourth-order valence-corrected chi connectivity index (χ4v) is 1.69. The Labute approximate surface area is 120 Å². The molecule has 0 fully saturated rings. The number of hydrogen-bond donors (Lipinski definition) is 2. The lowest BCUT2D eigenvalue weighted by molar-refractivity contribution is 0.251. The molecule has 0 aliphatic rings. The number of anilines is 1. The summed E-state index contributed by atoms with van der Waals surface area (Å²) in [7, 11) is 0. The van der Waals surface area contributed by atoms with E-state index in [0.717, 1.165) is 5.56 Å². The van der Waals surface area contributed by atoms with E-state index < -0.39 is 6.03 Å². The summed E-state index contributed by atoms with van der Waals surface area (Å²) in [6, 6.07) is 12.5. The summed E-state index contributed by atoms with van der Waals surface area (Å²) in [4.78, 5) is 11.7. The standard InChI is InChI=1S/C14H12N4O3/c19-13(15-9-10-5-2-1-3-6-10)16-14-18-17-12(21-14)11-7-4-8-20-11/h1-8H,9H2,(H2,15,16,18,19). The highest BCUT2D eigenvalue weighted by Crippen LogP contribution is 2.19. The molecule has 2 heterocycles. The van der Waals surface area contributed by atoms with E-state index in [1.807, 2.05) is 30.3 Å². The molecule has 0 spiro atoms. The summed E-state index contributed by atoms with van der Waals surface area (Å²) in [6.45, 7) is 0.409. The molecule has 0 radical (unpaired) electrons. The first-order valence-electron chi connectivity index (χ1n) is 6.27. The van der Waals surface area contributed by atoms with Crippen molar-refractivity contribution in [3.8, 4) is 11.7 Å². The number of urea groups is 1. The van der Waals surface area contributed by atoms with Crippen LogP contribution < -0.4 is 10.6 Å². The van der Waals surface area contributed by atoms with Gasteiger partial charge < -0.3 is 14.2 Å². The summed E-state index contributed by atoms with van der Waals surface area (Å²) in [6.07, 6.45) is 1.50. The second-order valence-electron chi connectivity index (χ2n) is 4.18. The predicted octanol–water partition coefficient (Wildman–Crippen LogP) is 2.65. The van der Waals surface area contributed by atoms with Crippen molar-refractivity contribution in [3.63, 3.8) is 0 Å². The molecule has 2 N–H and O–H groups in total. The number of aromatic nitrogens is 2. The van der Waals surface area contributed by atoms with Crippen molar-refractivity contribution in [3.05, 3.63) is 54.3 Å². The molecule has 7 heteroatoms. The third kappa shape index (κ3) is 3.27. The van der Waals surface area contributed by atoms with Crippen LogP contribution in [-0.2, 0) is 6.54 Å². The molecule has 106 valence electrons. The Morgan fingerprint density at radius 2 is 1.95 bits per heavy atom. The van der Waals surface area contributed by atoms with Gasteiger partial charge in [0.05, 0.1) is 6.26 Å². The lowest BCUT2D eigenvalue weighted by atomic mass is 10.2. The number of benzene rings is 1. The highest BCUT2D eigenvalue weighted by Gasteiger charge is 2.12. The van der Waals surface area contributed by atoms with Crippen molar-refractivity contribution in [2.75, 3.05) is 5.32 Å². The van der Waals surface area contributed by atoms with Gasteiger partial charge in [0.1, 0.15) is 0 Å². The molecule has 3 rings (SSSR count).